The number of anilines is 3. The predicted molar refractivity (Wildman–Crippen MR) is 123 cm³/mol. The number of nitrogens with zero attached hydrogens (tertiary/aromatic N) is 1. The smallest absolute Gasteiger partial charge is 0.265 e. The van der Waals surface area contributed by atoms with Crippen LogP contribution in [0, 0.1) is 0 Å². The molecule has 2 aromatic carbocycles. The number of carbonyl (C=O) groups excluding carboxylic acids is 3. The van der Waals surface area contributed by atoms with Crippen LogP contribution in [0.3, 0.4) is 0 Å². The van der Waals surface area contributed by atoms with E-state index < -0.39 is 0 Å². The van der Waals surface area contributed by atoms with Gasteiger partial charge in [-0.25, -0.2) is 0 Å². The van der Waals surface area contributed by atoms with E-state index >= 15 is 0 Å². The molecule has 4 rings (SSSR count). The molecule has 158 valence electrons. The van der Waals surface area contributed by atoms with E-state index in [4.69, 9.17) is 11.6 Å². The fourth-order valence-electron chi connectivity index (χ4n) is 3.23. The Morgan fingerprint density at radius 2 is 1.81 bits per heavy atom. The molecule has 3 N–H and O–H groups in total. The third-order valence-electron chi connectivity index (χ3n) is 4.71. The average Bonchev–Trinajstić information content (AvgIpc) is 3.29. The largest absolute Gasteiger partial charge is 0.359 e. The number of rotatable bonds is 5. The topological polar surface area (TPSA) is 90.5 Å². The molecule has 1 aliphatic heterocycles. The monoisotopic (exact) mass is 454 g/mol. The van der Waals surface area contributed by atoms with Crippen molar-refractivity contribution in [3.05, 3.63) is 75.4 Å². The van der Waals surface area contributed by atoms with Gasteiger partial charge in [0.25, 0.3) is 11.8 Å². The molecule has 2 heterocycles. The molecule has 0 bridgehead atoms. The van der Waals surface area contributed by atoms with Crippen LogP contribution in [0.5, 0.6) is 0 Å². The second-order valence-corrected chi connectivity index (χ2v) is 8.26. The van der Waals surface area contributed by atoms with Gasteiger partial charge in [0.15, 0.2) is 0 Å². The lowest BCUT2D eigenvalue weighted by Gasteiger charge is -2.29. The Morgan fingerprint density at radius 1 is 1.00 bits per heavy atom. The van der Waals surface area contributed by atoms with Crippen LogP contribution in [-0.4, -0.2) is 37.4 Å². The molecule has 1 aliphatic rings. The van der Waals surface area contributed by atoms with Crippen molar-refractivity contribution in [2.24, 2.45) is 0 Å². The standard InChI is InChI=1S/C22H19ClN4O3S/c23-17-12-16(6-7-18(17)27-9-8-24-20(28)13-27)25-21(29)14-3-1-4-15(11-14)26-22(30)19-5-2-10-31-19/h1-7,10-12H,8-9,13H2,(H,24,28)(H,25,29)(H,26,30). The summed E-state index contributed by atoms with van der Waals surface area (Å²) >= 11 is 7.75. The fourth-order valence-corrected chi connectivity index (χ4v) is 4.15. The molecule has 7 nitrogen and oxygen atoms in total. The van der Waals surface area contributed by atoms with E-state index in [2.05, 4.69) is 16.0 Å². The first-order chi connectivity index (χ1) is 15.0. The number of hydrogen-bond donors (Lipinski definition) is 3. The Labute approximate surface area is 188 Å². The highest BCUT2D eigenvalue weighted by Crippen LogP contribution is 2.29. The molecule has 0 aliphatic carbocycles. The average molecular weight is 455 g/mol. The molecule has 0 atom stereocenters. The maximum atomic E-state index is 12.7. The molecular formula is C22H19ClN4O3S. The van der Waals surface area contributed by atoms with Gasteiger partial charge in [-0.3, -0.25) is 14.4 Å². The van der Waals surface area contributed by atoms with Crippen molar-refractivity contribution < 1.29 is 14.4 Å². The van der Waals surface area contributed by atoms with Crippen LogP contribution in [0.4, 0.5) is 17.1 Å². The Balaban J connectivity index is 1.44. The second-order valence-electron chi connectivity index (χ2n) is 6.90. The zero-order chi connectivity index (χ0) is 21.8. The summed E-state index contributed by atoms with van der Waals surface area (Å²) in [6.45, 7) is 1.48. The van der Waals surface area contributed by atoms with Gasteiger partial charge in [0.1, 0.15) is 0 Å². The van der Waals surface area contributed by atoms with Crippen molar-refractivity contribution in [2.45, 2.75) is 0 Å². The lowest BCUT2D eigenvalue weighted by Crippen LogP contribution is -2.47. The van der Waals surface area contributed by atoms with Crippen LogP contribution in [-0.2, 0) is 4.79 Å². The predicted octanol–water partition coefficient (Wildman–Crippen LogP) is 3.84. The van der Waals surface area contributed by atoms with Gasteiger partial charge in [0, 0.05) is 30.0 Å². The molecule has 0 spiro atoms. The van der Waals surface area contributed by atoms with Crippen LogP contribution in [0.1, 0.15) is 20.0 Å². The van der Waals surface area contributed by atoms with E-state index in [1.165, 1.54) is 11.3 Å². The molecule has 3 amide bonds. The highest BCUT2D eigenvalue weighted by molar-refractivity contribution is 7.12. The number of amides is 3. The van der Waals surface area contributed by atoms with E-state index in [9.17, 15) is 14.4 Å². The number of thiophene rings is 1. The van der Waals surface area contributed by atoms with E-state index in [1.807, 2.05) is 10.3 Å². The van der Waals surface area contributed by atoms with Crippen molar-refractivity contribution in [1.82, 2.24) is 5.32 Å². The highest BCUT2D eigenvalue weighted by Gasteiger charge is 2.19. The molecule has 1 saturated heterocycles. The fraction of sp³-hybridized carbons (Fsp3) is 0.136. The minimum Gasteiger partial charge on any atom is -0.359 e. The van der Waals surface area contributed by atoms with Crippen LogP contribution in [0.15, 0.2) is 60.0 Å². The van der Waals surface area contributed by atoms with E-state index in [0.29, 0.717) is 39.9 Å². The molecule has 0 radical (unpaired) electrons. The van der Waals surface area contributed by atoms with Gasteiger partial charge in [0.2, 0.25) is 5.91 Å². The van der Waals surface area contributed by atoms with E-state index in [1.54, 1.807) is 54.6 Å². The summed E-state index contributed by atoms with van der Waals surface area (Å²) in [4.78, 5) is 39.0. The molecule has 0 saturated carbocycles. The van der Waals surface area contributed by atoms with Crippen LogP contribution >= 0.6 is 22.9 Å². The molecular weight excluding hydrogens is 436 g/mol. The Morgan fingerprint density at radius 3 is 2.55 bits per heavy atom. The first-order valence-electron chi connectivity index (χ1n) is 9.57. The van der Waals surface area contributed by atoms with Crippen molar-refractivity contribution in [1.29, 1.82) is 0 Å². The lowest BCUT2D eigenvalue weighted by atomic mass is 10.1. The van der Waals surface area contributed by atoms with Gasteiger partial charge in [-0.1, -0.05) is 23.7 Å². The summed E-state index contributed by atoms with van der Waals surface area (Å²) in [5, 5.41) is 10.7. The van der Waals surface area contributed by atoms with Crippen molar-refractivity contribution in [3.63, 3.8) is 0 Å². The number of benzene rings is 2. The van der Waals surface area contributed by atoms with Gasteiger partial charge in [-0.05, 0) is 47.8 Å². The van der Waals surface area contributed by atoms with Crippen LogP contribution < -0.4 is 20.9 Å². The third-order valence-corrected chi connectivity index (χ3v) is 5.88. The van der Waals surface area contributed by atoms with E-state index in [0.717, 1.165) is 5.69 Å². The van der Waals surface area contributed by atoms with Gasteiger partial charge < -0.3 is 20.9 Å². The van der Waals surface area contributed by atoms with Crippen molar-refractivity contribution >= 4 is 57.7 Å². The quantitative estimate of drug-likeness (QED) is 0.546. The zero-order valence-electron chi connectivity index (χ0n) is 16.4. The molecule has 9 heteroatoms. The van der Waals surface area contributed by atoms with Crippen LogP contribution in [0.25, 0.3) is 0 Å². The Kier molecular flexibility index (Phi) is 6.20. The van der Waals surface area contributed by atoms with Crippen molar-refractivity contribution in [2.75, 3.05) is 35.2 Å². The van der Waals surface area contributed by atoms with Gasteiger partial charge in [-0.2, -0.15) is 0 Å². The summed E-state index contributed by atoms with van der Waals surface area (Å²) in [7, 11) is 0. The summed E-state index contributed by atoms with van der Waals surface area (Å²) < 4.78 is 0. The summed E-state index contributed by atoms with van der Waals surface area (Å²) in [6, 6.07) is 15.4. The number of halogens is 1. The highest BCUT2D eigenvalue weighted by atomic mass is 35.5. The van der Waals surface area contributed by atoms with E-state index in [-0.39, 0.29) is 24.3 Å². The normalized spacial score (nSPS) is 13.5. The molecule has 1 fully saturated rings. The Hall–Kier alpha value is -3.36. The third kappa shape index (κ3) is 5.04. The SMILES string of the molecule is O=C1CN(c2ccc(NC(=O)c3cccc(NC(=O)c4cccs4)c3)cc2Cl)CCN1. The van der Waals surface area contributed by atoms with Gasteiger partial charge in [-0.15, -0.1) is 11.3 Å². The first kappa shape index (κ1) is 20.9. The molecule has 1 aromatic heterocycles. The minimum absolute atomic E-state index is 0.0502. The minimum atomic E-state index is -0.326. The number of carbonyl (C=O) groups is 3. The van der Waals surface area contributed by atoms with Gasteiger partial charge in [0.05, 0.1) is 22.1 Å². The Bertz CT molecular complexity index is 1130. The van der Waals surface area contributed by atoms with Crippen LogP contribution in [0.2, 0.25) is 5.02 Å². The summed E-state index contributed by atoms with van der Waals surface area (Å²) in [5.41, 5.74) is 2.21. The second kappa shape index (κ2) is 9.20. The zero-order valence-corrected chi connectivity index (χ0v) is 17.9. The maximum absolute atomic E-state index is 12.7. The molecule has 3 aromatic rings. The first-order valence-corrected chi connectivity index (χ1v) is 10.8. The number of nitrogens with one attached hydrogen (secondary N) is 3. The maximum Gasteiger partial charge on any atom is 0.265 e. The number of piperazine rings is 1. The molecule has 31 heavy (non-hydrogen) atoms. The number of hydrogen-bond acceptors (Lipinski definition) is 5. The van der Waals surface area contributed by atoms with Gasteiger partial charge >= 0.3 is 0 Å². The molecule has 0 unspecified atom stereocenters. The summed E-state index contributed by atoms with van der Waals surface area (Å²) in [5.74, 6) is -0.597. The van der Waals surface area contributed by atoms with Crippen molar-refractivity contribution in [3.8, 4) is 0 Å². The lowest BCUT2D eigenvalue weighted by molar-refractivity contribution is -0.120. The summed E-state index contributed by atoms with van der Waals surface area (Å²) in [6.07, 6.45) is 0.